The Morgan fingerprint density at radius 1 is 1.41 bits per heavy atom. The molecule has 0 aromatic carbocycles. The summed E-state index contributed by atoms with van der Waals surface area (Å²) in [6.45, 7) is 2.99. The van der Waals surface area contributed by atoms with Crippen molar-refractivity contribution in [3.8, 4) is 0 Å². The van der Waals surface area contributed by atoms with Crippen LogP contribution in [-0.2, 0) is 10.0 Å². The van der Waals surface area contributed by atoms with Crippen LogP contribution in [0.4, 0.5) is 5.95 Å². The van der Waals surface area contributed by atoms with Crippen LogP contribution in [0.15, 0.2) is 10.9 Å². The Hall–Kier alpha value is -1.41. The normalized spacial score (nSPS) is 22.8. The molecular formula is C14H22N4O3S. The van der Waals surface area contributed by atoms with E-state index >= 15 is 0 Å². The zero-order valence-corrected chi connectivity index (χ0v) is 13.5. The maximum absolute atomic E-state index is 12.1. The summed E-state index contributed by atoms with van der Waals surface area (Å²) in [4.78, 5) is 20.4. The molecular weight excluding hydrogens is 304 g/mol. The fourth-order valence-electron chi connectivity index (χ4n) is 3.03. The van der Waals surface area contributed by atoms with Crippen molar-refractivity contribution >= 4 is 16.0 Å². The van der Waals surface area contributed by atoms with Gasteiger partial charge in [-0.25, -0.2) is 18.1 Å². The smallest absolute Gasteiger partial charge is 0.252 e. The van der Waals surface area contributed by atoms with E-state index in [9.17, 15) is 13.2 Å². The van der Waals surface area contributed by atoms with Crippen LogP contribution < -0.4 is 15.2 Å². The van der Waals surface area contributed by atoms with Crippen molar-refractivity contribution in [3.63, 3.8) is 0 Å². The van der Waals surface area contributed by atoms with Gasteiger partial charge in [0.15, 0.2) is 0 Å². The molecule has 2 fully saturated rings. The average molecular weight is 326 g/mol. The zero-order chi connectivity index (χ0) is 15.7. The van der Waals surface area contributed by atoms with E-state index in [1.54, 1.807) is 6.92 Å². The molecule has 122 valence electrons. The molecule has 1 aromatic rings. The van der Waals surface area contributed by atoms with Crippen LogP contribution in [0.2, 0.25) is 0 Å². The van der Waals surface area contributed by atoms with Gasteiger partial charge in [-0.2, -0.15) is 0 Å². The maximum Gasteiger partial charge on any atom is 0.252 e. The summed E-state index contributed by atoms with van der Waals surface area (Å²) in [6, 6.07) is 1.33. The third kappa shape index (κ3) is 3.67. The van der Waals surface area contributed by atoms with Crippen molar-refractivity contribution in [1.82, 2.24) is 14.7 Å². The molecule has 1 unspecified atom stereocenters. The third-order valence-electron chi connectivity index (χ3n) is 4.37. The van der Waals surface area contributed by atoms with Crippen LogP contribution >= 0.6 is 0 Å². The second-order valence-electron chi connectivity index (χ2n) is 6.34. The van der Waals surface area contributed by atoms with Gasteiger partial charge in [-0.1, -0.05) is 6.42 Å². The van der Waals surface area contributed by atoms with Gasteiger partial charge >= 0.3 is 0 Å². The summed E-state index contributed by atoms with van der Waals surface area (Å²) in [5.41, 5.74) is 0.476. The topological polar surface area (TPSA) is 95.2 Å². The van der Waals surface area contributed by atoms with Crippen molar-refractivity contribution in [2.45, 2.75) is 38.6 Å². The van der Waals surface area contributed by atoms with Crippen LogP contribution in [-0.4, -0.2) is 43.3 Å². The van der Waals surface area contributed by atoms with Crippen LogP contribution in [0.5, 0.6) is 0 Å². The SMILES string of the molecule is Cc1cc(=O)[nH]c(N2CCC(NS(=O)(=O)CC3CCC3)C2)n1. The average Bonchev–Trinajstić information content (AvgIpc) is 2.81. The lowest BCUT2D eigenvalue weighted by molar-refractivity contribution is 0.345. The Labute approximate surface area is 130 Å². The third-order valence-corrected chi connectivity index (χ3v) is 5.97. The highest BCUT2D eigenvalue weighted by Crippen LogP contribution is 2.27. The van der Waals surface area contributed by atoms with Gasteiger partial charge in [0, 0.05) is 30.9 Å². The van der Waals surface area contributed by atoms with Crippen molar-refractivity contribution in [2.75, 3.05) is 23.7 Å². The molecule has 3 rings (SSSR count). The van der Waals surface area contributed by atoms with E-state index in [4.69, 9.17) is 0 Å². The molecule has 1 saturated heterocycles. The fourth-order valence-corrected chi connectivity index (χ4v) is 4.78. The Morgan fingerprint density at radius 2 is 2.18 bits per heavy atom. The summed E-state index contributed by atoms with van der Waals surface area (Å²) in [5, 5.41) is 0. The van der Waals surface area contributed by atoms with Gasteiger partial charge in [0.2, 0.25) is 16.0 Å². The molecule has 0 bridgehead atoms. The maximum atomic E-state index is 12.1. The molecule has 1 aliphatic carbocycles. The molecule has 2 N–H and O–H groups in total. The van der Waals surface area contributed by atoms with Gasteiger partial charge in [-0.05, 0) is 32.1 Å². The second kappa shape index (κ2) is 6.00. The highest BCUT2D eigenvalue weighted by Gasteiger charge is 2.30. The molecule has 7 nitrogen and oxygen atoms in total. The summed E-state index contributed by atoms with van der Waals surface area (Å²) in [6.07, 6.45) is 3.91. The number of anilines is 1. The summed E-state index contributed by atoms with van der Waals surface area (Å²) in [5.74, 6) is 1.08. The number of aromatic amines is 1. The largest absolute Gasteiger partial charge is 0.341 e. The molecule has 1 saturated carbocycles. The van der Waals surface area contributed by atoms with Crippen LogP contribution in [0.1, 0.15) is 31.4 Å². The molecule has 1 atom stereocenters. The number of nitrogens with one attached hydrogen (secondary N) is 2. The molecule has 22 heavy (non-hydrogen) atoms. The highest BCUT2D eigenvalue weighted by atomic mass is 32.2. The Bertz CT molecular complexity index is 696. The first-order valence-electron chi connectivity index (χ1n) is 7.74. The Balaban J connectivity index is 1.61. The number of nitrogens with zero attached hydrogens (tertiary/aromatic N) is 2. The van der Waals surface area contributed by atoms with Gasteiger partial charge in [0.25, 0.3) is 5.56 Å². The van der Waals surface area contributed by atoms with Gasteiger partial charge in [-0.3, -0.25) is 9.78 Å². The summed E-state index contributed by atoms with van der Waals surface area (Å²) < 4.78 is 27.1. The predicted molar refractivity (Wildman–Crippen MR) is 84.5 cm³/mol. The fraction of sp³-hybridized carbons (Fsp3) is 0.714. The second-order valence-corrected chi connectivity index (χ2v) is 8.14. The van der Waals surface area contributed by atoms with Gasteiger partial charge in [0.1, 0.15) is 0 Å². The lowest BCUT2D eigenvalue weighted by Gasteiger charge is -2.25. The van der Waals surface area contributed by atoms with E-state index in [2.05, 4.69) is 14.7 Å². The number of hydrogen-bond donors (Lipinski definition) is 2. The molecule has 0 radical (unpaired) electrons. The minimum absolute atomic E-state index is 0.115. The van der Waals surface area contributed by atoms with E-state index in [0.717, 1.165) is 25.7 Å². The first kappa shape index (κ1) is 15.5. The quantitative estimate of drug-likeness (QED) is 0.815. The van der Waals surface area contributed by atoms with Gasteiger partial charge < -0.3 is 4.90 Å². The number of sulfonamides is 1. The van der Waals surface area contributed by atoms with Crippen molar-refractivity contribution in [3.05, 3.63) is 22.1 Å². The van der Waals surface area contributed by atoms with Crippen molar-refractivity contribution < 1.29 is 8.42 Å². The van der Waals surface area contributed by atoms with E-state index < -0.39 is 10.0 Å². The first-order valence-corrected chi connectivity index (χ1v) is 9.39. The predicted octanol–water partition coefficient (Wildman–Crippen LogP) is 0.377. The standard InChI is InChI=1S/C14H22N4O3S/c1-10-7-13(19)16-14(15-10)18-6-5-12(8-18)17-22(20,21)9-11-3-2-4-11/h7,11-12,17H,2-6,8-9H2,1H3,(H,15,16,19). The van der Waals surface area contributed by atoms with E-state index in [1.165, 1.54) is 6.07 Å². The van der Waals surface area contributed by atoms with Crippen molar-refractivity contribution in [1.29, 1.82) is 0 Å². The van der Waals surface area contributed by atoms with Crippen LogP contribution in [0.25, 0.3) is 0 Å². The lowest BCUT2D eigenvalue weighted by atomic mass is 9.87. The van der Waals surface area contributed by atoms with Crippen molar-refractivity contribution in [2.24, 2.45) is 5.92 Å². The number of aromatic nitrogens is 2. The molecule has 8 heteroatoms. The monoisotopic (exact) mass is 326 g/mol. The van der Waals surface area contributed by atoms with Gasteiger partial charge in [-0.15, -0.1) is 0 Å². The zero-order valence-electron chi connectivity index (χ0n) is 12.7. The molecule has 0 spiro atoms. The van der Waals surface area contributed by atoms with E-state index in [1.807, 2.05) is 4.90 Å². The number of H-pyrrole nitrogens is 1. The Kier molecular flexibility index (Phi) is 4.22. The Morgan fingerprint density at radius 3 is 2.82 bits per heavy atom. The molecule has 1 aromatic heterocycles. The van der Waals surface area contributed by atoms with E-state index in [0.29, 0.717) is 30.6 Å². The van der Waals surface area contributed by atoms with Crippen LogP contribution in [0, 0.1) is 12.8 Å². The minimum atomic E-state index is -3.22. The number of aryl methyl sites for hydroxylation is 1. The minimum Gasteiger partial charge on any atom is -0.341 e. The summed E-state index contributed by atoms with van der Waals surface area (Å²) in [7, 11) is -3.22. The summed E-state index contributed by atoms with van der Waals surface area (Å²) >= 11 is 0. The van der Waals surface area contributed by atoms with Crippen LogP contribution in [0.3, 0.4) is 0 Å². The van der Waals surface area contributed by atoms with E-state index in [-0.39, 0.29) is 17.4 Å². The lowest BCUT2D eigenvalue weighted by Crippen LogP contribution is -2.40. The highest BCUT2D eigenvalue weighted by molar-refractivity contribution is 7.89. The molecule has 2 heterocycles. The first-order chi connectivity index (χ1) is 10.4. The molecule has 2 aliphatic rings. The molecule has 1 aliphatic heterocycles. The van der Waals surface area contributed by atoms with Gasteiger partial charge in [0.05, 0.1) is 5.75 Å². The number of hydrogen-bond acceptors (Lipinski definition) is 5. The number of rotatable bonds is 5. The molecule has 0 amide bonds.